The molecule has 0 aliphatic rings. The summed E-state index contributed by atoms with van der Waals surface area (Å²) in [6, 6.07) is 0. The SMILES string of the molecule is Cn1ccnc(NC(=O)c2cnc(C(C)(C)C)s2)c1=O. The monoisotopic (exact) mass is 292 g/mol. The van der Waals surface area contributed by atoms with E-state index in [0.29, 0.717) is 4.88 Å². The Labute approximate surface area is 120 Å². The molecule has 0 saturated heterocycles. The van der Waals surface area contributed by atoms with Gasteiger partial charge in [0.1, 0.15) is 4.88 Å². The number of amides is 1. The first-order valence-electron chi connectivity index (χ1n) is 6.08. The molecule has 0 aliphatic heterocycles. The van der Waals surface area contributed by atoms with Gasteiger partial charge < -0.3 is 9.88 Å². The Bertz CT molecular complexity index is 697. The second kappa shape index (κ2) is 5.16. The highest BCUT2D eigenvalue weighted by atomic mass is 32.1. The molecule has 1 N–H and O–H groups in total. The summed E-state index contributed by atoms with van der Waals surface area (Å²) in [6.07, 6.45) is 4.51. The van der Waals surface area contributed by atoms with Gasteiger partial charge in [-0.2, -0.15) is 0 Å². The third-order valence-electron chi connectivity index (χ3n) is 2.62. The van der Waals surface area contributed by atoms with Gasteiger partial charge in [0.2, 0.25) is 0 Å². The van der Waals surface area contributed by atoms with Crippen LogP contribution in [0.5, 0.6) is 0 Å². The van der Waals surface area contributed by atoms with E-state index >= 15 is 0 Å². The molecule has 6 nitrogen and oxygen atoms in total. The lowest BCUT2D eigenvalue weighted by Crippen LogP contribution is -2.24. The van der Waals surface area contributed by atoms with Crippen LogP contribution in [-0.2, 0) is 12.5 Å². The molecule has 0 aliphatic carbocycles. The van der Waals surface area contributed by atoms with E-state index in [0.717, 1.165) is 5.01 Å². The van der Waals surface area contributed by atoms with Gasteiger partial charge in [-0.05, 0) is 0 Å². The van der Waals surface area contributed by atoms with Gasteiger partial charge in [-0.25, -0.2) is 9.97 Å². The molecule has 0 aromatic carbocycles. The second-order valence-electron chi connectivity index (χ2n) is 5.43. The lowest BCUT2D eigenvalue weighted by atomic mass is 9.98. The summed E-state index contributed by atoms with van der Waals surface area (Å²) in [5.74, 6) is -0.348. The summed E-state index contributed by atoms with van der Waals surface area (Å²) in [4.78, 5) is 32.4. The zero-order valence-electron chi connectivity index (χ0n) is 11.8. The van der Waals surface area contributed by atoms with E-state index in [2.05, 4.69) is 15.3 Å². The van der Waals surface area contributed by atoms with Crippen LogP contribution in [0.1, 0.15) is 35.5 Å². The molecule has 0 unspecified atom stereocenters. The summed E-state index contributed by atoms with van der Waals surface area (Å²) in [7, 11) is 1.60. The number of carbonyl (C=O) groups is 1. The summed E-state index contributed by atoms with van der Waals surface area (Å²) >= 11 is 1.32. The Morgan fingerprint density at radius 1 is 1.35 bits per heavy atom. The molecule has 106 valence electrons. The van der Waals surface area contributed by atoms with Crippen LogP contribution in [0, 0.1) is 0 Å². The number of nitrogens with zero attached hydrogens (tertiary/aromatic N) is 3. The van der Waals surface area contributed by atoms with E-state index in [1.54, 1.807) is 7.05 Å². The van der Waals surface area contributed by atoms with Gasteiger partial charge >= 0.3 is 0 Å². The van der Waals surface area contributed by atoms with Gasteiger partial charge in [-0.3, -0.25) is 9.59 Å². The van der Waals surface area contributed by atoms with Gasteiger partial charge in [0, 0.05) is 24.9 Å². The fourth-order valence-corrected chi connectivity index (χ4v) is 2.35. The third-order valence-corrected chi connectivity index (χ3v) is 4.04. The molecule has 0 fully saturated rings. The third kappa shape index (κ3) is 2.93. The fourth-order valence-electron chi connectivity index (χ4n) is 1.48. The smallest absolute Gasteiger partial charge is 0.293 e. The van der Waals surface area contributed by atoms with Crippen molar-refractivity contribution in [3.8, 4) is 0 Å². The Kier molecular flexibility index (Phi) is 3.71. The number of nitrogens with one attached hydrogen (secondary N) is 1. The van der Waals surface area contributed by atoms with E-state index in [1.807, 2.05) is 20.8 Å². The Balaban J connectivity index is 2.23. The van der Waals surface area contributed by atoms with Crippen molar-refractivity contribution in [2.75, 3.05) is 5.32 Å². The first-order valence-corrected chi connectivity index (χ1v) is 6.90. The zero-order valence-corrected chi connectivity index (χ0v) is 12.6. The quantitative estimate of drug-likeness (QED) is 0.915. The molecule has 0 saturated carbocycles. The van der Waals surface area contributed by atoms with Crippen molar-refractivity contribution in [3.63, 3.8) is 0 Å². The molecule has 2 heterocycles. The largest absolute Gasteiger partial charge is 0.314 e. The van der Waals surface area contributed by atoms with Gasteiger partial charge in [0.15, 0.2) is 5.82 Å². The molecule has 0 spiro atoms. The number of anilines is 1. The number of carbonyl (C=O) groups excluding carboxylic acids is 1. The fraction of sp³-hybridized carbons (Fsp3) is 0.385. The number of rotatable bonds is 2. The van der Waals surface area contributed by atoms with Crippen molar-refractivity contribution in [3.05, 3.63) is 38.8 Å². The zero-order chi connectivity index (χ0) is 14.9. The van der Waals surface area contributed by atoms with Gasteiger partial charge in [0.05, 0.1) is 11.2 Å². The van der Waals surface area contributed by atoms with Crippen molar-refractivity contribution < 1.29 is 4.79 Å². The highest BCUT2D eigenvalue weighted by Crippen LogP contribution is 2.26. The Hall–Kier alpha value is -2.02. The van der Waals surface area contributed by atoms with Crippen molar-refractivity contribution in [1.82, 2.24) is 14.5 Å². The molecule has 0 radical (unpaired) electrons. The first-order chi connectivity index (χ1) is 9.29. The maximum Gasteiger partial charge on any atom is 0.293 e. The van der Waals surface area contributed by atoms with E-state index in [9.17, 15) is 9.59 Å². The van der Waals surface area contributed by atoms with Crippen LogP contribution in [0.2, 0.25) is 0 Å². The Morgan fingerprint density at radius 3 is 2.65 bits per heavy atom. The normalized spacial score (nSPS) is 11.4. The molecule has 20 heavy (non-hydrogen) atoms. The number of aryl methyl sites for hydroxylation is 1. The standard InChI is InChI=1S/C13H16N4O2S/c1-13(2,3)12-15-7-8(20-12)10(18)16-9-11(19)17(4)6-5-14-9/h5-7H,1-4H3,(H,14,16,18). The van der Waals surface area contributed by atoms with E-state index < -0.39 is 0 Å². The number of thiazole rings is 1. The molecule has 0 bridgehead atoms. The highest BCUT2D eigenvalue weighted by molar-refractivity contribution is 7.13. The Morgan fingerprint density at radius 2 is 2.05 bits per heavy atom. The molecule has 7 heteroatoms. The summed E-state index contributed by atoms with van der Waals surface area (Å²) < 4.78 is 1.36. The van der Waals surface area contributed by atoms with E-state index in [4.69, 9.17) is 0 Å². The minimum atomic E-state index is -0.367. The molecule has 0 atom stereocenters. The molecule has 1 amide bonds. The number of aromatic nitrogens is 3. The predicted molar refractivity (Wildman–Crippen MR) is 78.2 cm³/mol. The minimum Gasteiger partial charge on any atom is -0.314 e. The van der Waals surface area contributed by atoms with Crippen LogP contribution in [-0.4, -0.2) is 20.4 Å². The first kappa shape index (κ1) is 14.4. The summed E-state index contributed by atoms with van der Waals surface area (Å²) in [5.41, 5.74) is -0.453. The van der Waals surface area contributed by atoms with Crippen LogP contribution in [0.3, 0.4) is 0 Å². The molecular formula is C13H16N4O2S. The van der Waals surface area contributed by atoms with Gasteiger partial charge in [-0.1, -0.05) is 20.8 Å². The lowest BCUT2D eigenvalue weighted by molar-refractivity contribution is 0.102. The number of hydrogen-bond acceptors (Lipinski definition) is 5. The van der Waals surface area contributed by atoms with Crippen LogP contribution in [0.4, 0.5) is 5.82 Å². The topological polar surface area (TPSA) is 76.9 Å². The van der Waals surface area contributed by atoms with E-state index in [-0.39, 0.29) is 22.7 Å². The highest BCUT2D eigenvalue weighted by Gasteiger charge is 2.21. The second-order valence-corrected chi connectivity index (χ2v) is 6.46. The van der Waals surface area contributed by atoms with Crippen LogP contribution < -0.4 is 10.9 Å². The molecule has 2 aromatic heterocycles. The van der Waals surface area contributed by atoms with Crippen LogP contribution in [0.15, 0.2) is 23.4 Å². The molecular weight excluding hydrogens is 276 g/mol. The van der Waals surface area contributed by atoms with Gasteiger partial charge in [0.25, 0.3) is 11.5 Å². The predicted octanol–water partition coefficient (Wildman–Crippen LogP) is 1.79. The average Bonchev–Trinajstić information content (AvgIpc) is 2.84. The van der Waals surface area contributed by atoms with Crippen LogP contribution in [0.25, 0.3) is 0 Å². The molecule has 2 aromatic rings. The summed E-state index contributed by atoms with van der Waals surface area (Å²) in [5, 5.41) is 3.39. The van der Waals surface area contributed by atoms with Gasteiger partial charge in [-0.15, -0.1) is 11.3 Å². The maximum atomic E-state index is 12.1. The van der Waals surface area contributed by atoms with Crippen molar-refractivity contribution >= 4 is 23.1 Å². The molecule has 2 rings (SSSR count). The minimum absolute atomic E-state index is 0.0192. The average molecular weight is 292 g/mol. The van der Waals surface area contributed by atoms with Crippen molar-refractivity contribution in [2.24, 2.45) is 7.05 Å². The number of hydrogen-bond donors (Lipinski definition) is 1. The van der Waals surface area contributed by atoms with Crippen LogP contribution >= 0.6 is 11.3 Å². The summed E-state index contributed by atoms with van der Waals surface area (Å²) in [6.45, 7) is 6.09. The lowest BCUT2D eigenvalue weighted by Gasteiger charge is -2.13. The van der Waals surface area contributed by atoms with Crippen molar-refractivity contribution in [2.45, 2.75) is 26.2 Å². The maximum absolute atomic E-state index is 12.1. The van der Waals surface area contributed by atoms with E-state index in [1.165, 1.54) is 34.5 Å². The van der Waals surface area contributed by atoms with Crippen molar-refractivity contribution in [1.29, 1.82) is 0 Å².